The molecule has 0 bridgehead atoms. The van der Waals surface area contributed by atoms with E-state index in [2.05, 4.69) is 25.4 Å². The number of hydrogen-bond donors (Lipinski definition) is 1. The molecule has 1 aliphatic rings. The highest BCUT2D eigenvalue weighted by Gasteiger charge is 2.27. The number of rotatable bonds is 6. The molecule has 0 spiro atoms. The third-order valence-electron chi connectivity index (χ3n) is 4.75. The van der Waals surface area contributed by atoms with Gasteiger partial charge in [-0.3, -0.25) is 24.0 Å². The number of aromatic nitrogens is 5. The molecule has 140 valence electrons. The Kier molecular flexibility index (Phi) is 4.97. The van der Waals surface area contributed by atoms with Crippen molar-refractivity contribution in [3.05, 3.63) is 66.0 Å². The Morgan fingerprint density at radius 3 is 2.93 bits per heavy atom. The Balaban J connectivity index is 1.39. The van der Waals surface area contributed by atoms with Gasteiger partial charge in [-0.15, -0.1) is 0 Å². The highest BCUT2D eigenvalue weighted by atomic mass is 16.1. The van der Waals surface area contributed by atoms with Crippen molar-refractivity contribution in [1.82, 2.24) is 34.8 Å². The van der Waals surface area contributed by atoms with E-state index in [1.807, 2.05) is 53.2 Å². The summed E-state index contributed by atoms with van der Waals surface area (Å²) in [5.74, 6) is 0.0218. The molecule has 0 aromatic carbocycles. The molecule has 8 nitrogen and oxygen atoms in total. The van der Waals surface area contributed by atoms with Crippen LogP contribution in [-0.4, -0.2) is 41.9 Å². The maximum atomic E-state index is 12.5. The van der Waals surface area contributed by atoms with E-state index in [1.54, 1.807) is 12.4 Å². The molecule has 0 saturated heterocycles. The van der Waals surface area contributed by atoms with Gasteiger partial charge in [0, 0.05) is 63.6 Å². The number of aryl methyl sites for hydroxylation is 1. The van der Waals surface area contributed by atoms with E-state index in [-0.39, 0.29) is 11.9 Å². The highest BCUT2D eigenvalue weighted by molar-refractivity contribution is 5.76. The van der Waals surface area contributed by atoms with Crippen LogP contribution in [0.25, 0.3) is 0 Å². The van der Waals surface area contributed by atoms with Crippen molar-refractivity contribution in [2.75, 3.05) is 6.54 Å². The van der Waals surface area contributed by atoms with E-state index in [9.17, 15) is 4.79 Å². The van der Waals surface area contributed by atoms with Gasteiger partial charge < -0.3 is 5.32 Å². The summed E-state index contributed by atoms with van der Waals surface area (Å²) in [4.78, 5) is 18.9. The van der Waals surface area contributed by atoms with Gasteiger partial charge in [-0.2, -0.15) is 10.2 Å². The van der Waals surface area contributed by atoms with Crippen LogP contribution in [0, 0.1) is 0 Å². The van der Waals surface area contributed by atoms with E-state index < -0.39 is 0 Å². The second kappa shape index (κ2) is 7.71. The van der Waals surface area contributed by atoms with Crippen molar-refractivity contribution in [2.45, 2.75) is 32.1 Å². The lowest BCUT2D eigenvalue weighted by Gasteiger charge is -2.33. The summed E-state index contributed by atoms with van der Waals surface area (Å²) in [5, 5.41) is 11.7. The average molecular weight is 365 g/mol. The summed E-state index contributed by atoms with van der Waals surface area (Å²) in [6.45, 7) is 2.91. The molecule has 3 aromatic rings. The molecule has 4 rings (SSSR count). The van der Waals surface area contributed by atoms with Gasteiger partial charge in [0.05, 0.1) is 24.4 Å². The van der Waals surface area contributed by atoms with Crippen LogP contribution in [0.15, 0.2) is 49.2 Å². The standard InChI is InChI=1S/C19H23N7O/c1-24-11-16(10-23-24)12-25-13-17-4-6-22-26(17)18(14-25)7-19(27)21-9-15-3-2-5-20-8-15/h2-6,8,10-11,18H,7,9,12-14H2,1H3,(H,21,27)/t18-/m0/s1. The molecular formula is C19H23N7O. The number of nitrogens with zero attached hydrogens (tertiary/aromatic N) is 6. The Morgan fingerprint density at radius 1 is 1.22 bits per heavy atom. The summed E-state index contributed by atoms with van der Waals surface area (Å²) in [5.41, 5.74) is 3.30. The molecule has 1 aliphatic heterocycles. The molecule has 0 radical (unpaired) electrons. The Morgan fingerprint density at radius 2 is 2.15 bits per heavy atom. The average Bonchev–Trinajstić information content (AvgIpc) is 3.30. The zero-order valence-electron chi connectivity index (χ0n) is 15.3. The maximum absolute atomic E-state index is 12.5. The number of carbonyl (C=O) groups is 1. The molecular weight excluding hydrogens is 342 g/mol. The van der Waals surface area contributed by atoms with Gasteiger partial charge in [0.25, 0.3) is 0 Å². The van der Waals surface area contributed by atoms with Crippen molar-refractivity contribution >= 4 is 5.91 Å². The number of amides is 1. The molecule has 0 fully saturated rings. The number of pyridine rings is 1. The van der Waals surface area contributed by atoms with Gasteiger partial charge in [0.15, 0.2) is 0 Å². The first-order chi connectivity index (χ1) is 13.2. The first kappa shape index (κ1) is 17.4. The van der Waals surface area contributed by atoms with Crippen LogP contribution in [0.3, 0.4) is 0 Å². The van der Waals surface area contributed by atoms with Gasteiger partial charge in [-0.25, -0.2) is 0 Å². The largest absolute Gasteiger partial charge is 0.352 e. The SMILES string of the molecule is Cn1cc(CN2Cc3ccnn3[C@@H](CC(=O)NCc3cccnc3)C2)cn1. The number of nitrogens with one attached hydrogen (secondary N) is 1. The second-order valence-electron chi connectivity index (χ2n) is 6.95. The predicted octanol–water partition coefficient (Wildman–Crippen LogP) is 1.27. The third-order valence-corrected chi connectivity index (χ3v) is 4.75. The monoisotopic (exact) mass is 365 g/mol. The van der Waals surface area contributed by atoms with Gasteiger partial charge in [0.2, 0.25) is 5.91 Å². The minimum Gasteiger partial charge on any atom is -0.352 e. The first-order valence-corrected chi connectivity index (χ1v) is 9.05. The van der Waals surface area contributed by atoms with E-state index >= 15 is 0 Å². The third kappa shape index (κ3) is 4.22. The lowest BCUT2D eigenvalue weighted by atomic mass is 10.1. The second-order valence-corrected chi connectivity index (χ2v) is 6.95. The van der Waals surface area contributed by atoms with Gasteiger partial charge in [-0.1, -0.05) is 6.07 Å². The van der Waals surface area contributed by atoms with E-state index in [0.717, 1.165) is 30.9 Å². The summed E-state index contributed by atoms with van der Waals surface area (Å²) in [6.07, 6.45) is 9.62. The molecule has 0 aliphatic carbocycles. The molecule has 1 atom stereocenters. The molecule has 27 heavy (non-hydrogen) atoms. The van der Waals surface area contributed by atoms with Gasteiger partial charge in [0.1, 0.15) is 0 Å². The number of fused-ring (bicyclic) bond motifs is 1. The van der Waals surface area contributed by atoms with Crippen LogP contribution in [-0.2, 0) is 31.5 Å². The zero-order chi connectivity index (χ0) is 18.6. The molecule has 1 amide bonds. The van der Waals surface area contributed by atoms with E-state index in [4.69, 9.17) is 0 Å². The normalized spacial score (nSPS) is 16.9. The first-order valence-electron chi connectivity index (χ1n) is 9.05. The fraction of sp³-hybridized carbons (Fsp3) is 0.368. The van der Waals surface area contributed by atoms with Gasteiger partial charge in [-0.05, 0) is 17.7 Å². The fourth-order valence-electron chi connectivity index (χ4n) is 3.54. The van der Waals surface area contributed by atoms with Crippen LogP contribution in [0.1, 0.15) is 29.3 Å². The molecule has 1 N–H and O–H groups in total. The summed E-state index contributed by atoms with van der Waals surface area (Å²) in [6, 6.07) is 5.87. The molecule has 0 saturated carbocycles. The summed E-state index contributed by atoms with van der Waals surface area (Å²) in [7, 11) is 1.92. The number of hydrogen-bond acceptors (Lipinski definition) is 5. The number of carbonyl (C=O) groups excluding carboxylic acids is 1. The van der Waals surface area contributed by atoms with Crippen molar-refractivity contribution in [3.63, 3.8) is 0 Å². The van der Waals surface area contributed by atoms with Crippen LogP contribution in [0.4, 0.5) is 0 Å². The predicted molar refractivity (Wildman–Crippen MR) is 99.3 cm³/mol. The van der Waals surface area contributed by atoms with Crippen LogP contribution >= 0.6 is 0 Å². The summed E-state index contributed by atoms with van der Waals surface area (Å²) >= 11 is 0. The molecule has 4 heterocycles. The molecule has 3 aromatic heterocycles. The van der Waals surface area contributed by atoms with Crippen molar-refractivity contribution in [3.8, 4) is 0 Å². The lowest BCUT2D eigenvalue weighted by molar-refractivity contribution is -0.122. The van der Waals surface area contributed by atoms with Gasteiger partial charge >= 0.3 is 0 Å². The Hall–Kier alpha value is -3.00. The van der Waals surface area contributed by atoms with Crippen LogP contribution in [0.5, 0.6) is 0 Å². The minimum absolute atomic E-state index is 0.0218. The Bertz CT molecular complexity index is 902. The zero-order valence-corrected chi connectivity index (χ0v) is 15.3. The minimum atomic E-state index is 0.0218. The van der Waals surface area contributed by atoms with Crippen LogP contribution < -0.4 is 5.32 Å². The topological polar surface area (TPSA) is 80.9 Å². The smallest absolute Gasteiger partial charge is 0.222 e. The molecule has 0 unspecified atom stereocenters. The van der Waals surface area contributed by atoms with Crippen molar-refractivity contribution in [2.24, 2.45) is 7.05 Å². The van der Waals surface area contributed by atoms with Crippen molar-refractivity contribution < 1.29 is 4.79 Å². The summed E-state index contributed by atoms with van der Waals surface area (Å²) < 4.78 is 3.80. The maximum Gasteiger partial charge on any atom is 0.222 e. The Labute approximate surface area is 157 Å². The lowest BCUT2D eigenvalue weighted by Crippen LogP contribution is -2.39. The van der Waals surface area contributed by atoms with Crippen molar-refractivity contribution in [1.29, 1.82) is 0 Å². The molecule has 8 heteroatoms. The quantitative estimate of drug-likeness (QED) is 0.712. The van der Waals surface area contributed by atoms with E-state index in [0.29, 0.717) is 13.0 Å². The highest BCUT2D eigenvalue weighted by Crippen LogP contribution is 2.24. The fourth-order valence-corrected chi connectivity index (χ4v) is 3.54. The van der Waals surface area contributed by atoms with Crippen LogP contribution in [0.2, 0.25) is 0 Å². The van der Waals surface area contributed by atoms with E-state index in [1.165, 1.54) is 5.56 Å².